The summed E-state index contributed by atoms with van der Waals surface area (Å²) in [6.07, 6.45) is 7.96. The fourth-order valence-electron chi connectivity index (χ4n) is 2.26. The molecule has 1 saturated carbocycles. The van der Waals surface area contributed by atoms with Crippen LogP contribution in [-0.4, -0.2) is 19.0 Å². The maximum absolute atomic E-state index is 5.83. The zero-order chi connectivity index (χ0) is 11.1. The number of rotatable bonds is 6. The Balaban J connectivity index is 2.20. The van der Waals surface area contributed by atoms with Gasteiger partial charge in [0.1, 0.15) is 0 Å². The lowest BCUT2D eigenvalue weighted by Crippen LogP contribution is -2.31. The quantitative estimate of drug-likeness (QED) is 0.537. The molecule has 0 bridgehead atoms. The lowest BCUT2D eigenvalue weighted by atomic mass is 9.76. The summed E-state index contributed by atoms with van der Waals surface area (Å²) < 4.78 is 5.83. The molecule has 1 rings (SSSR count). The van der Waals surface area contributed by atoms with E-state index >= 15 is 0 Å². The topological polar surface area (TPSA) is 9.23 Å². The second-order valence-corrected chi connectivity index (χ2v) is 5.77. The molecule has 0 unspecified atom stereocenters. The van der Waals surface area contributed by atoms with E-state index in [9.17, 15) is 0 Å². The summed E-state index contributed by atoms with van der Waals surface area (Å²) in [5, 5.41) is 0. The summed E-state index contributed by atoms with van der Waals surface area (Å²) in [4.78, 5) is 0. The first-order valence-electron chi connectivity index (χ1n) is 6.37. The number of thiol groups is 1. The molecule has 0 aromatic carbocycles. The van der Waals surface area contributed by atoms with E-state index < -0.39 is 0 Å². The van der Waals surface area contributed by atoms with Gasteiger partial charge in [-0.15, -0.1) is 0 Å². The molecule has 1 aliphatic rings. The van der Waals surface area contributed by atoms with E-state index in [4.69, 9.17) is 4.74 Å². The number of hydrogen-bond donors (Lipinski definition) is 1. The molecular weight excluding hydrogens is 204 g/mol. The molecule has 90 valence electrons. The Morgan fingerprint density at radius 2 is 1.87 bits per heavy atom. The molecule has 1 fully saturated rings. The first-order chi connectivity index (χ1) is 7.18. The Morgan fingerprint density at radius 3 is 2.40 bits per heavy atom. The van der Waals surface area contributed by atoms with Crippen molar-refractivity contribution in [3.05, 3.63) is 0 Å². The third-order valence-electron chi connectivity index (χ3n) is 3.50. The van der Waals surface area contributed by atoms with E-state index in [1.54, 1.807) is 0 Å². The molecule has 0 N–H and O–H groups in total. The van der Waals surface area contributed by atoms with Gasteiger partial charge in [-0.3, -0.25) is 0 Å². The van der Waals surface area contributed by atoms with Crippen molar-refractivity contribution < 1.29 is 4.74 Å². The van der Waals surface area contributed by atoms with Crippen LogP contribution in [0, 0.1) is 11.3 Å². The zero-order valence-corrected chi connectivity index (χ0v) is 11.2. The SMILES string of the molecule is CC(C)CCOCC1(CS)CCCCC1. The molecule has 0 radical (unpaired) electrons. The average molecular weight is 230 g/mol. The lowest BCUT2D eigenvalue weighted by molar-refractivity contribution is 0.0299. The van der Waals surface area contributed by atoms with Crippen molar-refractivity contribution in [3.63, 3.8) is 0 Å². The summed E-state index contributed by atoms with van der Waals surface area (Å²) in [5.74, 6) is 1.75. The van der Waals surface area contributed by atoms with Gasteiger partial charge in [0.15, 0.2) is 0 Å². The number of ether oxygens (including phenoxy) is 1. The third kappa shape index (κ3) is 4.78. The van der Waals surface area contributed by atoms with Crippen LogP contribution in [0.25, 0.3) is 0 Å². The molecular formula is C13H26OS. The molecule has 0 aliphatic heterocycles. The second-order valence-electron chi connectivity index (χ2n) is 5.45. The fraction of sp³-hybridized carbons (Fsp3) is 1.00. The standard InChI is InChI=1S/C13H26OS/c1-12(2)6-9-14-10-13(11-15)7-4-3-5-8-13/h12,15H,3-11H2,1-2H3. The minimum absolute atomic E-state index is 0.401. The average Bonchev–Trinajstić information content (AvgIpc) is 2.26. The number of hydrogen-bond acceptors (Lipinski definition) is 2. The van der Waals surface area contributed by atoms with Gasteiger partial charge in [-0.1, -0.05) is 33.1 Å². The van der Waals surface area contributed by atoms with Crippen LogP contribution in [0.15, 0.2) is 0 Å². The summed E-state index contributed by atoms with van der Waals surface area (Å²) in [7, 11) is 0. The minimum Gasteiger partial charge on any atom is -0.381 e. The van der Waals surface area contributed by atoms with E-state index in [0.29, 0.717) is 5.41 Å². The molecule has 2 heteroatoms. The van der Waals surface area contributed by atoms with Crippen molar-refractivity contribution in [2.75, 3.05) is 19.0 Å². The molecule has 0 aromatic rings. The van der Waals surface area contributed by atoms with Crippen LogP contribution >= 0.6 is 12.6 Å². The second kappa shape index (κ2) is 6.80. The zero-order valence-electron chi connectivity index (χ0n) is 10.3. The van der Waals surface area contributed by atoms with Gasteiger partial charge in [0, 0.05) is 12.0 Å². The van der Waals surface area contributed by atoms with Crippen molar-refractivity contribution in [1.82, 2.24) is 0 Å². The van der Waals surface area contributed by atoms with Crippen LogP contribution < -0.4 is 0 Å². The first kappa shape index (κ1) is 13.4. The van der Waals surface area contributed by atoms with Crippen molar-refractivity contribution in [2.45, 2.75) is 52.4 Å². The van der Waals surface area contributed by atoms with Crippen molar-refractivity contribution in [1.29, 1.82) is 0 Å². The molecule has 0 amide bonds. The van der Waals surface area contributed by atoms with Crippen LogP contribution in [0.3, 0.4) is 0 Å². The molecule has 0 aromatic heterocycles. The highest BCUT2D eigenvalue weighted by Gasteiger charge is 2.30. The van der Waals surface area contributed by atoms with E-state index in [2.05, 4.69) is 26.5 Å². The predicted molar refractivity (Wildman–Crippen MR) is 69.6 cm³/mol. The van der Waals surface area contributed by atoms with Gasteiger partial charge >= 0.3 is 0 Å². The molecule has 0 saturated heterocycles. The van der Waals surface area contributed by atoms with Crippen LogP contribution in [0.1, 0.15) is 52.4 Å². The minimum atomic E-state index is 0.401. The van der Waals surface area contributed by atoms with Gasteiger partial charge in [-0.05, 0) is 30.9 Å². The van der Waals surface area contributed by atoms with Gasteiger partial charge < -0.3 is 4.74 Å². The highest BCUT2D eigenvalue weighted by molar-refractivity contribution is 7.80. The normalized spacial score (nSPS) is 20.8. The summed E-state index contributed by atoms with van der Waals surface area (Å²) >= 11 is 4.51. The summed E-state index contributed by atoms with van der Waals surface area (Å²) in [5.41, 5.74) is 0.401. The molecule has 0 heterocycles. The van der Waals surface area contributed by atoms with E-state index in [0.717, 1.165) is 24.9 Å². The molecule has 0 spiro atoms. The van der Waals surface area contributed by atoms with E-state index in [-0.39, 0.29) is 0 Å². The highest BCUT2D eigenvalue weighted by atomic mass is 32.1. The smallest absolute Gasteiger partial charge is 0.0530 e. The van der Waals surface area contributed by atoms with E-state index in [1.165, 1.54) is 38.5 Å². The Kier molecular flexibility index (Phi) is 6.06. The van der Waals surface area contributed by atoms with Crippen LogP contribution in [0.5, 0.6) is 0 Å². The Morgan fingerprint density at radius 1 is 1.20 bits per heavy atom. The maximum atomic E-state index is 5.83. The van der Waals surface area contributed by atoms with Gasteiger partial charge in [-0.25, -0.2) is 0 Å². The Hall–Kier alpha value is 0.310. The van der Waals surface area contributed by atoms with Crippen molar-refractivity contribution >= 4 is 12.6 Å². The van der Waals surface area contributed by atoms with Gasteiger partial charge in [0.05, 0.1) is 6.61 Å². The lowest BCUT2D eigenvalue weighted by Gasteiger charge is -2.35. The van der Waals surface area contributed by atoms with Gasteiger partial charge in [-0.2, -0.15) is 12.6 Å². The third-order valence-corrected chi connectivity index (χ3v) is 4.17. The summed E-state index contributed by atoms with van der Waals surface area (Å²) in [6, 6.07) is 0. The molecule has 1 aliphatic carbocycles. The maximum Gasteiger partial charge on any atom is 0.0530 e. The van der Waals surface area contributed by atoms with Crippen molar-refractivity contribution in [2.24, 2.45) is 11.3 Å². The molecule has 1 nitrogen and oxygen atoms in total. The monoisotopic (exact) mass is 230 g/mol. The summed E-state index contributed by atoms with van der Waals surface area (Å²) in [6.45, 7) is 6.35. The Labute approximate surface area is 100 Å². The van der Waals surface area contributed by atoms with Crippen LogP contribution in [-0.2, 0) is 4.74 Å². The molecule has 15 heavy (non-hydrogen) atoms. The predicted octanol–water partition coefficient (Wildman–Crippen LogP) is 3.93. The largest absolute Gasteiger partial charge is 0.381 e. The van der Waals surface area contributed by atoms with Crippen LogP contribution in [0.2, 0.25) is 0 Å². The first-order valence-corrected chi connectivity index (χ1v) is 7.00. The van der Waals surface area contributed by atoms with Gasteiger partial charge in [0.2, 0.25) is 0 Å². The highest BCUT2D eigenvalue weighted by Crippen LogP contribution is 2.37. The van der Waals surface area contributed by atoms with E-state index in [1.807, 2.05) is 0 Å². The van der Waals surface area contributed by atoms with Crippen LogP contribution in [0.4, 0.5) is 0 Å². The molecule has 0 atom stereocenters. The Bertz CT molecular complexity index is 162. The van der Waals surface area contributed by atoms with Crippen molar-refractivity contribution in [3.8, 4) is 0 Å². The van der Waals surface area contributed by atoms with Gasteiger partial charge in [0.25, 0.3) is 0 Å². The fourth-order valence-corrected chi connectivity index (χ4v) is 2.67.